The van der Waals surface area contributed by atoms with Gasteiger partial charge in [-0.25, -0.2) is 4.98 Å². The van der Waals surface area contributed by atoms with Crippen LogP contribution in [-0.4, -0.2) is 21.2 Å². The number of aromatic nitrogens is 2. The van der Waals surface area contributed by atoms with Crippen molar-refractivity contribution in [2.24, 2.45) is 0 Å². The molecule has 0 fully saturated rings. The van der Waals surface area contributed by atoms with Crippen LogP contribution in [-0.2, 0) is 11.3 Å². The van der Waals surface area contributed by atoms with Crippen LogP contribution >= 0.6 is 23.4 Å². The summed E-state index contributed by atoms with van der Waals surface area (Å²) in [7, 11) is 0. The van der Waals surface area contributed by atoms with Gasteiger partial charge in [-0.15, -0.1) is 0 Å². The average molecular weight is 478 g/mol. The van der Waals surface area contributed by atoms with E-state index in [4.69, 9.17) is 16.6 Å². The lowest BCUT2D eigenvalue weighted by atomic mass is 10.0. The van der Waals surface area contributed by atoms with E-state index in [2.05, 4.69) is 19.2 Å². The van der Waals surface area contributed by atoms with Gasteiger partial charge in [-0.3, -0.25) is 14.2 Å². The topological polar surface area (TPSA) is 64.0 Å². The number of hydrogen-bond acceptors (Lipinski definition) is 4. The van der Waals surface area contributed by atoms with E-state index in [0.717, 1.165) is 11.3 Å². The molecule has 168 valence electrons. The summed E-state index contributed by atoms with van der Waals surface area (Å²) >= 11 is 7.16. The van der Waals surface area contributed by atoms with Crippen molar-refractivity contribution in [2.45, 2.75) is 31.5 Å². The van der Waals surface area contributed by atoms with Crippen LogP contribution in [0.15, 0.2) is 82.7 Å². The molecule has 0 aliphatic rings. The zero-order valence-electron chi connectivity index (χ0n) is 18.4. The molecule has 4 rings (SSSR count). The second-order valence-corrected chi connectivity index (χ2v) is 9.37. The molecular formula is C26H24ClN3O2S. The lowest BCUT2D eigenvalue weighted by Crippen LogP contribution is -2.26. The molecule has 4 aromatic rings. The molecule has 0 spiro atoms. The highest BCUT2D eigenvalue weighted by atomic mass is 35.5. The van der Waals surface area contributed by atoms with Crippen molar-refractivity contribution in [3.8, 4) is 5.69 Å². The zero-order valence-corrected chi connectivity index (χ0v) is 20.0. The fourth-order valence-corrected chi connectivity index (χ4v) is 4.40. The van der Waals surface area contributed by atoms with E-state index in [1.165, 1.54) is 17.3 Å². The first-order valence-electron chi connectivity index (χ1n) is 10.7. The molecule has 5 nitrogen and oxygen atoms in total. The van der Waals surface area contributed by atoms with Gasteiger partial charge in [-0.05, 0) is 53.4 Å². The minimum Gasteiger partial charge on any atom is -0.351 e. The Morgan fingerprint density at radius 1 is 1.03 bits per heavy atom. The van der Waals surface area contributed by atoms with Gasteiger partial charge in [0.2, 0.25) is 5.91 Å². The number of hydrogen-bond donors (Lipinski definition) is 1. The maximum atomic E-state index is 13.3. The monoisotopic (exact) mass is 477 g/mol. The fraction of sp³-hybridized carbons (Fsp3) is 0.192. The highest BCUT2D eigenvalue weighted by Gasteiger charge is 2.15. The third-order valence-electron chi connectivity index (χ3n) is 5.30. The van der Waals surface area contributed by atoms with Crippen molar-refractivity contribution in [2.75, 3.05) is 5.75 Å². The van der Waals surface area contributed by atoms with Crippen molar-refractivity contribution in [3.05, 3.63) is 99.3 Å². The van der Waals surface area contributed by atoms with Crippen molar-refractivity contribution in [1.82, 2.24) is 14.9 Å². The Balaban J connectivity index is 1.59. The first kappa shape index (κ1) is 23.1. The van der Waals surface area contributed by atoms with Crippen molar-refractivity contribution in [1.29, 1.82) is 0 Å². The molecular weight excluding hydrogens is 454 g/mol. The Labute approximate surface area is 201 Å². The summed E-state index contributed by atoms with van der Waals surface area (Å²) in [5.41, 5.74) is 3.34. The van der Waals surface area contributed by atoms with E-state index in [-0.39, 0.29) is 17.2 Å². The predicted octanol–water partition coefficient (Wildman–Crippen LogP) is 5.57. The first-order chi connectivity index (χ1) is 15.9. The van der Waals surface area contributed by atoms with Crippen LogP contribution in [0.2, 0.25) is 5.02 Å². The minimum absolute atomic E-state index is 0.140. The van der Waals surface area contributed by atoms with Crippen molar-refractivity contribution < 1.29 is 4.79 Å². The minimum atomic E-state index is -0.151. The fourth-order valence-electron chi connectivity index (χ4n) is 3.43. The van der Waals surface area contributed by atoms with Crippen LogP contribution in [0.1, 0.15) is 30.9 Å². The molecule has 0 aliphatic heterocycles. The molecule has 1 N–H and O–H groups in total. The van der Waals surface area contributed by atoms with Crippen LogP contribution < -0.4 is 10.9 Å². The number of nitrogens with zero attached hydrogens (tertiary/aromatic N) is 2. The number of thioether (sulfide) groups is 1. The van der Waals surface area contributed by atoms with Crippen molar-refractivity contribution in [3.63, 3.8) is 0 Å². The summed E-state index contributed by atoms with van der Waals surface area (Å²) in [5, 5.41) is 4.58. The second kappa shape index (κ2) is 10.2. The molecule has 0 saturated carbocycles. The summed E-state index contributed by atoms with van der Waals surface area (Å²) in [6.07, 6.45) is 0. The van der Waals surface area contributed by atoms with E-state index in [1.807, 2.05) is 54.6 Å². The van der Waals surface area contributed by atoms with Crippen LogP contribution in [0.5, 0.6) is 0 Å². The Hall–Kier alpha value is -3.09. The third-order valence-corrected chi connectivity index (χ3v) is 6.49. The Bertz CT molecular complexity index is 1330. The summed E-state index contributed by atoms with van der Waals surface area (Å²) in [5.74, 6) is 0.394. The molecule has 3 aromatic carbocycles. The van der Waals surface area contributed by atoms with Crippen LogP contribution in [0.3, 0.4) is 0 Å². The summed E-state index contributed by atoms with van der Waals surface area (Å²) < 4.78 is 1.59. The molecule has 1 amide bonds. The van der Waals surface area contributed by atoms with Gasteiger partial charge in [0.15, 0.2) is 5.16 Å². The molecule has 0 radical (unpaired) electrons. The maximum absolute atomic E-state index is 13.3. The Morgan fingerprint density at radius 3 is 2.42 bits per heavy atom. The summed E-state index contributed by atoms with van der Waals surface area (Å²) in [6.45, 7) is 4.66. The van der Waals surface area contributed by atoms with Gasteiger partial charge in [-0.2, -0.15) is 0 Å². The van der Waals surface area contributed by atoms with Crippen LogP contribution in [0.4, 0.5) is 0 Å². The predicted molar refractivity (Wildman–Crippen MR) is 135 cm³/mol. The molecule has 0 aliphatic carbocycles. The van der Waals surface area contributed by atoms with Gasteiger partial charge in [0.05, 0.1) is 22.3 Å². The molecule has 7 heteroatoms. The number of amides is 1. The summed E-state index contributed by atoms with van der Waals surface area (Å²) in [4.78, 5) is 30.6. The third kappa shape index (κ3) is 5.46. The molecule has 0 bridgehead atoms. The van der Waals surface area contributed by atoms with Crippen LogP contribution in [0.25, 0.3) is 16.6 Å². The smallest absolute Gasteiger partial charge is 0.266 e. The Morgan fingerprint density at radius 2 is 1.73 bits per heavy atom. The van der Waals surface area contributed by atoms with Gasteiger partial charge < -0.3 is 5.32 Å². The van der Waals surface area contributed by atoms with Crippen molar-refractivity contribution >= 4 is 40.2 Å². The second-order valence-electron chi connectivity index (χ2n) is 7.99. The number of para-hydroxylation sites is 1. The number of halogens is 1. The van der Waals surface area contributed by atoms with E-state index in [0.29, 0.717) is 33.5 Å². The van der Waals surface area contributed by atoms with Gasteiger partial charge in [0, 0.05) is 11.6 Å². The lowest BCUT2D eigenvalue weighted by molar-refractivity contribution is -0.118. The lowest BCUT2D eigenvalue weighted by Gasteiger charge is -2.14. The van der Waals surface area contributed by atoms with Crippen LogP contribution in [0, 0.1) is 0 Å². The highest BCUT2D eigenvalue weighted by molar-refractivity contribution is 7.99. The molecule has 1 heterocycles. The normalized spacial score (nSPS) is 11.2. The van der Waals surface area contributed by atoms with E-state index >= 15 is 0 Å². The number of nitrogens with one attached hydrogen (secondary N) is 1. The largest absolute Gasteiger partial charge is 0.351 e. The molecule has 0 unspecified atom stereocenters. The van der Waals surface area contributed by atoms with E-state index < -0.39 is 0 Å². The first-order valence-corrected chi connectivity index (χ1v) is 12.0. The Kier molecular flexibility index (Phi) is 7.16. The number of rotatable bonds is 7. The number of carbonyl (C=O) groups is 1. The highest BCUT2D eigenvalue weighted by Crippen LogP contribution is 2.23. The van der Waals surface area contributed by atoms with Gasteiger partial charge in [0.1, 0.15) is 0 Å². The van der Waals surface area contributed by atoms with E-state index in [9.17, 15) is 9.59 Å². The summed E-state index contributed by atoms with van der Waals surface area (Å²) in [6, 6.07) is 22.5. The van der Waals surface area contributed by atoms with Gasteiger partial charge in [0.25, 0.3) is 5.56 Å². The molecule has 1 aromatic heterocycles. The number of fused-ring (bicyclic) bond motifs is 1. The van der Waals surface area contributed by atoms with Gasteiger partial charge in [-0.1, -0.05) is 73.6 Å². The quantitative estimate of drug-likeness (QED) is 0.279. The SMILES string of the molecule is CC(C)c1ccc(-n2c(SCC(=O)NCc3ccc(Cl)cc3)nc3ccccc3c2=O)cc1. The average Bonchev–Trinajstić information content (AvgIpc) is 2.82. The molecule has 0 saturated heterocycles. The van der Waals surface area contributed by atoms with E-state index in [1.54, 1.807) is 22.8 Å². The maximum Gasteiger partial charge on any atom is 0.266 e. The number of benzene rings is 3. The standard InChI is InChI=1S/C26H24ClN3O2S/c1-17(2)19-9-13-21(14-10-19)30-25(32)22-5-3-4-6-23(22)29-26(30)33-16-24(31)28-15-18-7-11-20(27)12-8-18/h3-14,17H,15-16H2,1-2H3,(H,28,31). The molecule has 33 heavy (non-hydrogen) atoms. The molecule has 0 atom stereocenters. The zero-order chi connectivity index (χ0) is 23.4. The van der Waals surface area contributed by atoms with Gasteiger partial charge >= 0.3 is 0 Å². The number of carbonyl (C=O) groups excluding carboxylic acids is 1.